The third-order valence-electron chi connectivity index (χ3n) is 7.28. The van der Waals surface area contributed by atoms with Gasteiger partial charge in [-0.25, -0.2) is 0 Å². The topological polar surface area (TPSA) is 0 Å². The molecule has 2 aromatic rings. The van der Waals surface area contributed by atoms with Crippen molar-refractivity contribution >= 4 is 11.1 Å². The fourth-order valence-electron chi connectivity index (χ4n) is 5.55. The van der Waals surface area contributed by atoms with Crippen LogP contribution in [0.4, 0.5) is 0 Å². The summed E-state index contributed by atoms with van der Waals surface area (Å²) >= 11 is 0. The van der Waals surface area contributed by atoms with Gasteiger partial charge in [0.05, 0.1) is 0 Å². The zero-order valence-corrected chi connectivity index (χ0v) is 28.5. The highest BCUT2D eigenvalue weighted by Gasteiger charge is 2.28. The molecule has 3 aliphatic carbocycles. The van der Waals surface area contributed by atoms with E-state index in [2.05, 4.69) is 87.5 Å². The summed E-state index contributed by atoms with van der Waals surface area (Å²) in [6, 6.07) is 18.1. The van der Waals surface area contributed by atoms with Crippen LogP contribution in [0.2, 0.25) is 0 Å². The summed E-state index contributed by atoms with van der Waals surface area (Å²) in [6.45, 7) is 27.0. The maximum atomic E-state index is 2.55. The van der Waals surface area contributed by atoms with Gasteiger partial charge in [0.2, 0.25) is 0 Å². The van der Waals surface area contributed by atoms with Gasteiger partial charge >= 0.3 is 0 Å². The molecule has 0 heteroatoms. The molecule has 2 unspecified atom stereocenters. The molecule has 0 aliphatic heterocycles. The summed E-state index contributed by atoms with van der Waals surface area (Å²) in [5, 5.41) is 0. The van der Waals surface area contributed by atoms with Gasteiger partial charge in [0.15, 0.2) is 0 Å². The average molecular weight is 543 g/mol. The van der Waals surface area contributed by atoms with Gasteiger partial charge in [-0.3, -0.25) is 0 Å². The van der Waals surface area contributed by atoms with Gasteiger partial charge < -0.3 is 0 Å². The van der Waals surface area contributed by atoms with Crippen molar-refractivity contribution in [2.45, 2.75) is 128 Å². The van der Waals surface area contributed by atoms with Crippen molar-refractivity contribution in [1.82, 2.24) is 0 Å². The Labute approximate surface area is 250 Å². The van der Waals surface area contributed by atoms with E-state index in [1.54, 1.807) is 5.57 Å². The smallest absolute Gasteiger partial charge is 0.0147 e. The molecule has 2 atom stereocenters. The summed E-state index contributed by atoms with van der Waals surface area (Å²) in [5.74, 6) is 1.29. The average Bonchev–Trinajstić information content (AvgIpc) is 3.21. The third kappa shape index (κ3) is 9.79. The van der Waals surface area contributed by atoms with Crippen LogP contribution in [0.1, 0.15) is 143 Å². The summed E-state index contributed by atoms with van der Waals surface area (Å²) in [5.41, 5.74) is 13.4. The zero-order chi connectivity index (χ0) is 30.7. The normalized spacial score (nSPS) is 18.5. The number of aryl methyl sites for hydroxylation is 1. The predicted octanol–water partition coefficient (Wildman–Crippen LogP) is 13.5. The Kier molecular flexibility index (Phi) is 19.8. The minimum atomic E-state index is 0.624. The second kappa shape index (κ2) is 21.2. The van der Waals surface area contributed by atoms with Crippen LogP contribution in [0.15, 0.2) is 83.5 Å². The first-order valence-electron chi connectivity index (χ1n) is 16.6. The van der Waals surface area contributed by atoms with Crippen molar-refractivity contribution in [2.75, 3.05) is 0 Å². The minimum absolute atomic E-state index is 0.624. The van der Waals surface area contributed by atoms with E-state index >= 15 is 0 Å². The highest BCUT2D eigenvalue weighted by atomic mass is 14.3. The van der Waals surface area contributed by atoms with Crippen LogP contribution in [0.3, 0.4) is 0 Å². The van der Waals surface area contributed by atoms with E-state index in [1.807, 2.05) is 69.2 Å². The van der Waals surface area contributed by atoms with E-state index in [9.17, 15) is 0 Å². The van der Waals surface area contributed by atoms with Crippen LogP contribution in [-0.2, 0) is 0 Å². The second-order valence-corrected chi connectivity index (χ2v) is 9.48. The number of hydrogen-bond acceptors (Lipinski definition) is 0. The molecule has 0 heterocycles. The minimum Gasteiger partial charge on any atom is -0.0766 e. The van der Waals surface area contributed by atoms with Gasteiger partial charge in [-0.15, -0.1) is 0 Å². The Hall–Kier alpha value is -2.60. The van der Waals surface area contributed by atoms with Crippen molar-refractivity contribution in [2.24, 2.45) is 5.92 Å². The number of fused-ring (bicyclic) bond motifs is 2. The summed E-state index contributed by atoms with van der Waals surface area (Å²) in [4.78, 5) is 0. The Balaban J connectivity index is 0.00000138. The largest absolute Gasteiger partial charge is 0.0766 e. The summed E-state index contributed by atoms with van der Waals surface area (Å²) in [6.07, 6.45) is 13.4. The van der Waals surface area contributed by atoms with Gasteiger partial charge in [0.1, 0.15) is 0 Å². The van der Waals surface area contributed by atoms with Gasteiger partial charge in [0, 0.05) is 0 Å². The monoisotopic (exact) mass is 542 g/mol. The lowest BCUT2D eigenvalue weighted by molar-refractivity contribution is 0.569. The Bertz CT molecular complexity index is 1100. The van der Waals surface area contributed by atoms with Crippen LogP contribution in [0.25, 0.3) is 11.1 Å². The lowest BCUT2D eigenvalue weighted by Crippen LogP contribution is -2.12. The third-order valence-corrected chi connectivity index (χ3v) is 7.28. The van der Waals surface area contributed by atoms with Crippen molar-refractivity contribution < 1.29 is 0 Å². The van der Waals surface area contributed by atoms with E-state index in [0.717, 1.165) is 12.8 Å². The molecule has 5 rings (SSSR count). The van der Waals surface area contributed by atoms with Crippen molar-refractivity contribution in [1.29, 1.82) is 0 Å². The van der Waals surface area contributed by atoms with E-state index < -0.39 is 0 Å². The Morgan fingerprint density at radius 1 is 0.650 bits per heavy atom. The molecule has 0 aromatic heterocycles. The van der Waals surface area contributed by atoms with Gasteiger partial charge in [0.25, 0.3) is 0 Å². The molecule has 222 valence electrons. The molecule has 0 saturated carbocycles. The van der Waals surface area contributed by atoms with Crippen molar-refractivity contribution in [3.8, 4) is 0 Å². The fourth-order valence-corrected chi connectivity index (χ4v) is 5.55. The molecule has 0 N–H and O–H groups in total. The van der Waals surface area contributed by atoms with E-state index in [4.69, 9.17) is 0 Å². The van der Waals surface area contributed by atoms with Gasteiger partial charge in [-0.1, -0.05) is 161 Å². The first kappa shape index (κ1) is 37.4. The van der Waals surface area contributed by atoms with Gasteiger partial charge in [-0.05, 0) is 89.8 Å². The molecular weight excluding hydrogens is 480 g/mol. The lowest BCUT2D eigenvalue weighted by Gasteiger charge is -2.29. The van der Waals surface area contributed by atoms with Crippen molar-refractivity contribution in [3.05, 3.63) is 106 Å². The molecular formula is C40H62. The molecule has 0 nitrogen and oxygen atoms in total. The number of benzene rings is 2. The zero-order valence-electron chi connectivity index (χ0n) is 28.5. The SMILES string of the molecule is CC.CC.CC.CC.CC.Cc1cccc(C2=CC(C3=CC4=C(CC(C)c5ccccc54)C(C)CC3)=CCC2)c1. The summed E-state index contributed by atoms with van der Waals surface area (Å²) in [7, 11) is 0. The lowest BCUT2D eigenvalue weighted by atomic mass is 9.76. The molecule has 0 bridgehead atoms. The van der Waals surface area contributed by atoms with Crippen LogP contribution in [0, 0.1) is 12.8 Å². The molecule has 0 spiro atoms. The maximum absolute atomic E-state index is 2.55. The molecule has 0 fully saturated rings. The molecule has 40 heavy (non-hydrogen) atoms. The fraction of sp³-hybridized carbons (Fsp3) is 0.500. The van der Waals surface area contributed by atoms with E-state index in [-0.39, 0.29) is 0 Å². The first-order valence-corrected chi connectivity index (χ1v) is 16.6. The quantitative estimate of drug-likeness (QED) is 0.354. The molecule has 0 amide bonds. The molecule has 3 aliphatic rings. The van der Waals surface area contributed by atoms with Crippen molar-refractivity contribution in [3.63, 3.8) is 0 Å². The molecule has 2 aromatic carbocycles. The number of allylic oxidation sites excluding steroid dienone is 8. The van der Waals surface area contributed by atoms with Crippen LogP contribution >= 0.6 is 0 Å². The molecule has 0 saturated heterocycles. The Morgan fingerprint density at radius 3 is 1.95 bits per heavy atom. The maximum Gasteiger partial charge on any atom is -0.0147 e. The van der Waals surface area contributed by atoms with Gasteiger partial charge in [-0.2, -0.15) is 0 Å². The van der Waals surface area contributed by atoms with E-state index in [0.29, 0.717) is 11.8 Å². The standard InChI is InChI=1S/C30H32.5C2H6/c1-20-8-6-9-23(16-20)24-10-7-11-25(18-24)26-15-14-21(2)29-17-22(3)27-12-4-5-13-28(27)30(29)19-26;5*1-2/h4-6,8-9,11-13,16,18-19,21-22H,7,10,14-15,17H2,1-3H3;5*1-2H3. The van der Waals surface area contributed by atoms with E-state index in [1.165, 1.54) is 63.8 Å². The molecule has 0 radical (unpaired) electrons. The summed E-state index contributed by atoms with van der Waals surface area (Å²) < 4.78 is 0. The van der Waals surface area contributed by atoms with Crippen LogP contribution in [-0.4, -0.2) is 0 Å². The van der Waals surface area contributed by atoms with Crippen LogP contribution < -0.4 is 0 Å². The highest BCUT2D eigenvalue weighted by Crippen LogP contribution is 2.46. The second-order valence-electron chi connectivity index (χ2n) is 9.48. The number of rotatable bonds is 2. The van der Waals surface area contributed by atoms with Crippen LogP contribution in [0.5, 0.6) is 0 Å². The predicted molar refractivity (Wildman–Crippen MR) is 186 cm³/mol. The Morgan fingerprint density at radius 2 is 1.30 bits per heavy atom. The first-order chi connectivity index (χ1) is 19.6. The number of hydrogen-bond donors (Lipinski definition) is 0. The highest BCUT2D eigenvalue weighted by molar-refractivity contribution is 5.83.